The molecule has 1 aliphatic rings. The topological polar surface area (TPSA) is 31.7 Å². The number of aromatic nitrogens is 1. The number of benzene rings is 2. The molecule has 0 N–H and O–H groups in total. The lowest BCUT2D eigenvalue weighted by molar-refractivity contribution is 0.0725. The van der Waals surface area contributed by atoms with Gasteiger partial charge in [-0.3, -0.25) is 4.79 Å². The van der Waals surface area contributed by atoms with Crippen molar-refractivity contribution in [1.82, 2.24) is 19.3 Å². The summed E-state index contributed by atoms with van der Waals surface area (Å²) in [5.74, 6) is -0.00534. The Kier molecular flexibility index (Phi) is 6.96. The maximum Gasteiger partial charge on any atom is 0.255 e. The summed E-state index contributed by atoms with van der Waals surface area (Å²) < 4.78 is 2.18. The van der Waals surface area contributed by atoms with Crippen molar-refractivity contribution in [2.45, 2.75) is 13.0 Å². The normalized spacial score (nSPS) is 15.5. The Morgan fingerprint density at radius 3 is 2.45 bits per heavy atom. The van der Waals surface area contributed by atoms with Gasteiger partial charge in [0.1, 0.15) is 0 Å². The van der Waals surface area contributed by atoms with Crippen LogP contribution in [-0.2, 0) is 13.6 Å². The molecule has 0 atom stereocenters. The van der Waals surface area contributed by atoms with Crippen LogP contribution in [0.3, 0.4) is 0 Å². The largest absolute Gasteiger partial charge is 0.346 e. The molecule has 1 aliphatic heterocycles. The van der Waals surface area contributed by atoms with Gasteiger partial charge in [-0.05, 0) is 49.7 Å². The van der Waals surface area contributed by atoms with E-state index in [0.29, 0.717) is 23.7 Å². The van der Waals surface area contributed by atoms with Gasteiger partial charge in [0.05, 0.1) is 17.1 Å². The summed E-state index contributed by atoms with van der Waals surface area (Å²) in [6.45, 7) is 6.69. The number of fused-ring (bicyclic) bond motifs is 1. The first-order chi connectivity index (χ1) is 15.0. The minimum atomic E-state index is -0.00534. The van der Waals surface area contributed by atoms with Crippen LogP contribution < -0.4 is 0 Å². The third-order valence-electron chi connectivity index (χ3n) is 6.29. The van der Waals surface area contributed by atoms with Crippen LogP contribution >= 0.6 is 11.6 Å². The van der Waals surface area contributed by atoms with E-state index in [1.54, 1.807) is 6.07 Å². The lowest BCUT2D eigenvalue weighted by Crippen LogP contribution is -2.45. The first-order valence-corrected chi connectivity index (χ1v) is 11.4. The van der Waals surface area contributed by atoms with E-state index in [1.807, 2.05) is 23.1 Å². The van der Waals surface area contributed by atoms with E-state index in [4.69, 9.17) is 11.6 Å². The molecular weight excluding hydrogens is 408 g/mol. The van der Waals surface area contributed by atoms with Crippen LogP contribution in [0.1, 0.15) is 22.5 Å². The molecule has 0 radical (unpaired) electrons. The van der Waals surface area contributed by atoms with Crippen LogP contribution in [0.25, 0.3) is 10.9 Å². The molecular formula is C25H31ClN4O. The van der Waals surface area contributed by atoms with Crippen molar-refractivity contribution in [2.75, 3.05) is 46.3 Å². The average molecular weight is 439 g/mol. The third-order valence-corrected chi connectivity index (χ3v) is 6.62. The average Bonchev–Trinajstić information content (AvgIpc) is 3.10. The van der Waals surface area contributed by atoms with Gasteiger partial charge in [0.2, 0.25) is 0 Å². The molecule has 3 aromatic rings. The molecule has 1 saturated heterocycles. The number of carbonyl (C=O) groups excluding carboxylic acids is 1. The molecule has 1 fully saturated rings. The minimum Gasteiger partial charge on any atom is -0.346 e. The number of rotatable bonds is 7. The number of piperazine rings is 1. The number of para-hydroxylation sites is 1. The second-order valence-electron chi connectivity index (χ2n) is 8.46. The summed E-state index contributed by atoms with van der Waals surface area (Å²) in [6, 6.07) is 17.9. The van der Waals surface area contributed by atoms with E-state index in [-0.39, 0.29) is 5.91 Å². The van der Waals surface area contributed by atoms with Gasteiger partial charge in [-0.2, -0.15) is 0 Å². The molecule has 2 heterocycles. The monoisotopic (exact) mass is 438 g/mol. The molecule has 6 heteroatoms. The summed E-state index contributed by atoms with van der Waals surface area (Å²) >= 11 is 6.37. The van der Waals surface area contributed by atoms with E-state index in [2.05, 4.69) is 58.8 Å². The molecule has 164 valence electrons. The molecule has 0 saturated carbocycles. The smallest absolute Gasteiger partial charge is 0.255 e. The fourth-order valence-electron chi connectivity index (χ4n) is 4.31. The highest BCUT2D eigenvalue weighted by Gasteiger charge is 2.21. The van der Waals surface area contributed by atoms with Gasteiger partial charge in [0.15, 0.2) is 0 Å². The lowest BCUT2D eigenvalue weighted by atomic mass is 10.1. The van der Waals surface area contributed by atoms with Crippen LogP contribution in [0.4, 0.5) is 0 Å². The number of aryl methyl sites for hydroxylation is 1. The fourth-order valence-corrected chi connectivity index (χ4v) is 4.52. The predicted molar refractivity (Wildman–Crippen MR) is 128 cm³/mol. The van der Waals surface area contributed by atoms with Gasteiger partial charge in [0.25, 0.3) is 5.91 Å². The zero-order chi connectivity index (χ0) is 21.8. The molecule has 2 aromatic carbocycles. The summed E-state index contributed by atoms with van der Waals surface area (Å²) in [7, 11) is 4.24. The summed E-state index contributed by atoms with van der Waals surface area (Å²) in [6.07, 6.45) is 0.948. The summed E-state index contributed by atoms with van der Waals surface area (Å²) in [5, 5.41) is 1.70. The zero-order valence-electron chi connectivity index (χ0n) is 18.4. The Labute approximate surface area is 189 Å². The highest BCUT2D eigenvalue weighted by molar-refractivity contribution is 6.33. The van der Waals surface area contributed by atoms with Gasteiger partial charge in [0, 0.05) is 51.0 Å². The van der Waals surface area contributed by atoms with Crippen molar-refractivity contribution < 1.29 is 4.79 Å². The highest BCUT2D eigenvalue weighted by Crippen LogP contribution is 2.22. The van der Waals surface area contributed by atoms with Gasteiger partial charge >= 0.3 is 0 Å². The molecule has 0 spiro atoms. The first-order valence-electron chi connectivity index (χ1n) is 11.0. The molecule has 1 amide bonds. The Morgan fingerprint density at radius 2 is 1.71 bits per heavy atom. The second kappa shape index (κ2) is 9.86. The Morgan fingerprint density at radius 1 is 1.00 bits per heavy atom. The first kappa shape index (κ1) is 21.9. The molecule has 31 heavy (non-hydrogen) atoms. The van der Waals surface area contributed by atoms with E-state index in [0.717, 1.165) is 44.8 Å². The third kappa shape index (κ3) is 5.12. The molecule has 0 unspecified atom stereocenters. The van der Waals surface area contributed by atoms with Crippen molar-refractivity contribution in [3.8, 4) is 0 Å². The Bertz CT molecular complexity index is 1040. The SMILES string of the molecule is CN1CCN(CCCN(Cc2cc3ccccc3n2C)C(=O)c2ccccc2Cl)CC1. The van der Waals surface area contributed by atoms with Crippen molar-refractivity contribution in [2.24, 2.45) is 7.05 Å². The Hall–Kier alpha value is -2.34. The highest BCUT2D eigenvalue weighted by atomic mass is 35.5. The maximum atomic E-state index is 13.4. The number of hydrogen-bond donors (Lipinski definition) is 0. The van der Waals surface area contributed by atoms with Crippen molar-refractivity contribution in [3.63, 3.8) is 0 Å². The number of likely N-dealkylation sites (N-methyl/N-ethyl adjacent to an activating group) is 1. The fraction of sp³-hybridized carbons (Fsp3) is 0.400. The Balaban J connectivity index is 1.51. The molecule has 0 bridgehead atoms. The van der Waals surface area contributed by atoms with Crippen molar-refractivity contribution in [1.29, 1.82) is 0 Å². The van der Waals surface area contributed by atoms with Crippen molar-refractivity contribution in [3.05, 3.63) is 70.9 Å². The molecule has 5 nitrogen and oxygen atoms in total. The summed E-state index contributed by atoms with van der Waals surface area (Å²) in [5.41, 5.74) is 2.88. The van der Waals surface area contributed by atoms with Gasteiger partial charge in [-0.1, -0.05) is 41.9 Å². The van der Waals surface area contributed by atoms with Crippen molar-refractivity contribution >= 4 is 28.4 Å². The number of carbonyl (C=O) groups is 1. The van der Waals surface area contributed by atoms with Gasteiger partial charge < -0.3 is 19.3 Å². The van der Waals surface area contributed by atoms with Crippen LogP contribution in [0.5, 0.6) is 0 Å². The number of amides is 1. The standard InChI is InChI=1S/C25H31ClN4O/c1-27-14-16-29(17-15-27)12-7-13-30(25(31)22-9-4-5-10-23(22)26)19-21-18-20-8-3-6-11-24(20)28(21)2/h3-6,8-11,18H,7,12-17,19H2,1-2H3. The van der Waals surface area contributed by atoms with Crippen LogP contribution in [0.15, 0.2) is 54.6 Å². The molecule has 4 rings (SSSR count). The van der Waals surface area contributed by atoms with E-state index in [9.17, 15) is 4.79 Å². The van der Waals surface area contributed by atoms with E-state index in [1.165, 1.54) is 10.9 Å². The van der Waals surface area contributed by atoms with E-state index >= 15 is 0 Å². The predicted octanol–water partition coefficient (Wildman–Crippen LogP) is 4.11. The zero-order valence-corrected chi connectivity index (χ0v) is 19.2. The van der Waals surface area contributed by atoms with E-state index < -0.39 is 0 Å². The minimum absolute atomic E-state index is 0.00534. The van der Waals surface area contributed by atoms with Crippen LogP contribution in [-0.4, -0.2) is 71.5 Å². The van der Waals surface area contributed by atoms with Gasteiger partial charge in [-0.25, -0.2) is 0 Å². The number of halogens is 1. The second-order valence-corrected chi connectivity index (χ2v) is 8.87. The number of hydrogen-bond acceptors (Lipinski definition) is 3. The molecule has 1 aromatic heterocycles. The summed E-state index contributed by atoms with van der Waals surface area (Å²) in [4.78, 5) is 20.2. The van der Waals surface area contributed by atoms with Crippen LogP contribution in [0.2, 0.25) is 5.02 Å². The number of nitrogens with zero attached hydrogens (tertiary/aromatic N) is 4. The molecule has 0 aliphatic carbocycles. The maximum absolute atomic E-state index is 13.4. The van der Waals surface area contributed by atoms with Crippen LogP contribution in [0, 0.1) is 0 Å². The quantitative estimate of drug-likeness (QED) is 0.556. The van der Waals surface area contributed by atoms with Gasteiger partial charge in [-0.15, -0.1) is 0 Å². The lowest BCUT2D eigenvalue weighted by Gasteiger charge is -2.33.